The van der Waals surface area contributed by atoms with Crippen molar-refractivity contribution in [2.24, 2.45) is 0 Å². The number of benzene rings is 1. The molecule has 0 N–H and O–H groups in total. The van der Waals surface area contributed by atoms with Crippen molar-refractivity contribution in [1.82, 2.24) is 14.8 Å². The molecule has 0 aliphatic rings. The van der Waals surface area contributed by atoms with Crippen molar-refractivity contribution in [2.75, 3.05) is 0 Å². The molecule has 4 nitrogen and oxygen atoms in total. The summed E-state index contributed by atoms with van der Waals surface area (Å²) in [6.45, 7) is 2.16. The lowest BCUT2D eigenvalue weighted by atomic mass is 10.2. The van der Waals surface area contributed by atoms with Gasteiger partial charge in [-0.3, -0.25) is 4.79 Å². The molecule has 0 unspecified atom stereocenters. The molecule has 0 fully saturated rings. The van der Waals surface area contributed by atoms with Gasteiger partial charge in [0.15, 0.2) is 5.52 Å². The summed E-state index contributed by atoms with van der Waals surface area (Å²) in [5.41, 5.74) is 1.79. The molecule has 25 heavy (non-hydrogen) atoms. The van der Waals surface area contributed by atoms with Crippen molar-refractivity contribution in [3.8, 4) is 10.6 Å². The van der Waals surface area contributed by atoms with Crippen LogP contribution in [0.25, 0.3) is 20.8 Å². The van der Waals surface area contributed by atoms with E-state index >= 15 is 0 Å². The zero-order chi connectivity index (χ0) is 17.6. The topological polar surface area (TPSA) is 47.8 Å². The Hall–Kier alpha value is -1.73. The Kier molecular flexibility index (Phi) is 4.37. The molecule has 4 aromatic rings. The lowest BCUT2D eigenvalue weighted by Gasteiger charge is -2.09. The third-order valence-corrected chi connectivity index (χ3v) is 6.14. The summed E-state index contributed by atoms with van der Waals surface area (Å²) in [6.07, 6.45) is 0. The van der Waals surface area contributed by atoms with E-state index in [1.807, 2.05) is 24.4 Å². The fourth-order valence-electron chi connectivity index (χ4n) is 2.56. The van der Waals surface area contributed by atoms with E-state index in [1.54, 1.807) is 29.5 Å². The van der Waals surface area contributed by atoms with Gasteiger partial charge in [-0.15, -0.1) is 22.7 Å². The number of thiazole rings is 1. The first-order valence-corrected chi connectivity index (χ1v) is 9.84. The molecule has 4 rings (SSSR count). The molecule has 3 heterocycles. The van der Waals surface area contributed by atoms with Gasteiger partial charge in [0.25, 0.3) is 5.56 Å². The third kappa shape index (κ3) is 3.11. The van der Waals surface area contributed by atoms with Crippen LogP contribution in [-0.4, -0.2) is 14.8 Å². The van der Waals surface area contributed by atoms with E-state index in [4.69, 9.17) is 23.2 Å². The van der Waals surface area contributed by atoms with Gasteiger partial charge in [-0.25, -0.2) is 9.67 Å². The van der Waals surface area contributed by atoms with Crippen molar-refractivity contribution >= 4 is 56.1 Å². The number of halogens is 2. The van der Waals surface area contributed by atoms with Gasteiger partial charge in [-0.2, -0.15) is 5.10 Å². The lowest BCUT2D eigenvalue weighted by molar-refractivity contribution is 0.650. The first kappa shape index (κ1) is 16.7. The van der Waals surface area contributed by atoms with Gasteiger partial charge in [0, 0.05) is 10.0 Å². The molecular weight excluding hydrogens is 397 g/mol. The Bertz CT molecular complexity index is 1130. The maximum atomic E-state index is 12.8. The number of fused-ring (bicyclic) bond motifs is 1. The van der Waals surface area contributed by atoms with Crippen LogP contribution in [-0.2, 0) is 6.54 Å². The second-order valence-corrected chi connectivity index (χ2v) is 8.43. The Morgan fingerprint density at radius 3 is 2.80 bits per heavy atom. The number of rotatable bonds is 3. The highest BCUT2D eigenvalue weighted by atomic mass is 35.5. The van der Waals surface area contributed by atoms with Crippen LogP contribution in [0.4, 0.5) is 0 Å². The summed E-state index contributed by atoms with van der Waals surface area (Å²) in [5.74, 6) is 0. The van der Waals surface area contributed by atoms with Gasteiger partial charge < -0.3 is 0 Å². The largest absolute Gasteiger partial charge is 0.294 e. The van der Waals surface area contributed by atoms with Crippen LogP contribution in [0.1, 0.15) is 10.6 Å². The normalized spacial score (nSPS) is 11.3. The van der Waals surface area contributed by atoms with Crippen LogP contribution in [0.3, 0.4) is 0 Å². The Balaban J connectivity index is 1.92. The van der Waals surface area contributed by atoms with Gasteiger partial charge in [0.1, 0.15) is 5.69 Å². The van der Waals surface area contributed by atoms with E-state index in [2.05, 4.69) is 10.1 Å². The van der Waals surface area contributed by atoms with Crippen LogP contribution >= 0.6 is 45.9 Å². The van der Waals surface area contributed by atoms with Crippen molar-refractivity contribution in [3.05, 3.63) is 66.7 Å². The maximum Gasteiger partial charge on any atom is 0.294 e. The van der Waals surface area contributed by atoms with Gasteiger partial charge >= 0.3 is 0 Å². The van der Waals surface area contributed by atoms with Crippen molar-refractivity contribution in [1.29, 1.82) is 0 Å². The standard InChI is InChI=1S/C17H11Cl2N3OS2/c1-9-20-15-16(25-9)14(13-3-2-6-24-13)21-22(17(15)23)8-10-4-5-11(18)7-12(10)19/h2-7H,8H2,1H3. The minimum absolute atomic E-state index is 0.217. The molecule has 8 heteroatoms. The fourth-order valence-corrected chi connectivity index (χ4v) is 4.72. The van der Waals surface area contributed by atoms with Gasteiger partial charge in [-0.1, -0.05) is 35.3 Å². The van der Waals surface area contributed by atoms with Crippen LogP contribution < -0.4 is 5.56 Å². The van der Waals surface area contributed by atoms with E-state index in [0.717, 1.165) is 25.8 Å². The molecule has 0 radical (unpaired) electrons. The second-order valence-electron chi connectivity index (χ2n) is 5.44. The zero-order valence-electron chi connectivity index (χ0n) is 13.0. The lowest BCUT2D eigenvalue weighted by Crippen LogP contribution is -2.24. The van der Waals surface area contributed by atoms with Crippen LogP contribution in [0.2, 0.25) is 10.0 Å². The average Bonchev–Trinajstić information content (AvgIpc) is 3.22. The highest BCUT2D eigenvalue weighted by Crippen LogP contribution is 2.32. The summed E-state index contributed by atoms with van der Waals surface area (Å²) in [7, 11) is 0. The summed E-state index contributed by atoms with van der Waals surface area (Å²) < 4.78 is 2.24. The summed E-state index contributed by atoms with van der Waals surface area (Å²) >= 11 is 15.3. The number of hydrogen-bond donors (Lipinski definition) is 0. The molecule has 0 spiro atoms. The molecule has 0 saturated carbocycles. The van der Waals surface area contributed by atoms with E-state index < -0.39 is 0 Å². The Labute approximate surface area is 161 Å². The molecule has 126 valence electrons. The number of thiophene rings is 1. The minimum atomic E-state index is -0.217. The second kappa shape index (κ2) is 6.53. The van der Waals surface area contributed by atoms with Crippen molar-refractivity contribution in [2.45, 2.75) is 13.5 Å². The van der Waals surface area contributed by atoms with Crippen LogP contribution in [0, 0.1) is 6.92 Å². The first-order chi connectivity index (χ1) is 12.0. The monoisotopic (exact) mass is 407 g/mol. The predicted octanol–water partition coefficient (Wildman–Crippen LogP) is 5.25. The molecule has 0 amide bonds. The SMILES string of the molecule is Cc1nc2c(=O)n(Cc3ccc(Cl)cc3Cl)nc(-c3cccs3)c2s1. The molecule has 0 atom stereocenters. The molecule has 0 saturated heterocycles. The molecule has 0 aliphatic heterocycles. The van der Waals surface area contributed by atoms with E-state index in [0.29, 0.717) is 15.6 Å². The van der Waals surface area contributed by atoms with Gasteiger partial charge in [0.2, 0.25) is 0 Å². The van der Waals surface area contributed by atoms with Crippen molar-refractivity contribution in [3.63, 3.8) is 0 Å². The molecule has 3 aromatic heterocycles. The number of aryl methyl sites for hydroxylation is 1. The highest BCUT2D eigenvalue weighted by molar-refractivity contribution is 7.20. The minimum Gasteiger partial charge on any atom is -0.265 e. The molecule has 1 aromatic carbocycles. The average molecular weight is 408 g/mol. The van der Waals surface area contributed by atoms with Crippen LogP contribution in [0.15, 0.2) is 40.5 Å². The fraction of sp³-hybridized carbons (Fsp3) is 0.118. The predicted molar refractivity (Wildman–Crippen MR) is 105 cm³/mol. The quantitative estimate of drug-likeness (QED) is 0.466. The van der Waals surface area contributed by atoms with Gasteiger partial charge in [0.05, 0.1) is 21.1 Å². The molecular formula is C17H11Cl2N3OS2. The highest BCUT2D eigenvalue weighted by Gasteiger charge is 2.17. The summed E-state index contributed by atoms with van der Waals surface area (Å²) in [5, 5.41) is 8.50. The van der Waals surface area contributed by atoms with E-state index in [9.17, 15) is 4.79 Å². The van der Waals surface area contributed by atoms with Crippen LogP contribution in [0.5, 0.6) is 0 Å². The number of nitrogens with zero attached hydrogens (tertiary/aromatic N) is 3. The van der Waals surface area contributed by atoms with E-state index in [-0.39, 0.29) is 12.1 Å². The zero-order valence-corrected chi connectivity index (χ0v) is 16.1. The van der Waals surface area contributed by atoms with Gasteiger partial charge in [-0.05, 0) is 36.1 Å². The maximum absolute atomic E-state index is 12.8. The first-order valence-electron chi connectivity index (χ1n) is 7.39. The smallest absolute Gasteiger partial charge is 0.265 e. The van der Waals surface area contributed by atoms with E-state index in [1.165, 1.54) is 16.0 Å². The number of hydrogen-bond acceptors (Lipinski definition) is 5. The van der Waals surface area contributed by atoms with Crippen molar-refractivity contribution < 1.29 is 0 Å². The Morgan fingerprint density at radius 1 is 1.24 bits per heavy atom. The third-order valence-electron chi connectivity index (χ3n) is 3.70. The summed E-state index contributed by atoms with van der Waals surface area (Å²) in [4.78, 5) is 18.2. The Morgan fingerprint density at radius 2 is 2.08 bits per heavy atom. The summed E-state index contributed by atoms with van der Waals surface area (Å²) in [6, 6.07) is 9.17. The molecule has 0 bridgehead atoms. The number of aromatic nitrogens is 3. The molecule has 0 aliphatic carbocycles.